The van der Waals surface area contributed by atoms with Crippen molar-refractivity contribution in [2.45, 2.75) is 52.2 Å². The molecule has 1 saturated heterocycles. The fourth-order valence-electron chi connectivity index (χ4n) is 3.52. The van der Waals surface area contributed by atoms with E-state index in [1.165, 1.54) is 5.56 Å². The van der Waals surface area contributed by atoms with Gasteiger partial charge in [0.1, 0.15) is 11.4 Å². The Bertz CT molecular complexity index is 621. The van der Waals surface area contributed by atoms with E-state index >= 15 is 0 Å². The van der Waals surface area contributed by atoms with Crippen molar-refractivity contribution in [1.29, 1.82) is 0 Å². The number of ether oxygens (including phenoxy) is 2. The van der Waals surface area contributed by atoms with Gasteiger partial charge in [0.2, 0.25) is 0 Å². The number of rotatable bonds is 4. The van der Waals surface area contributed by atoms with Crippen LogP contribution in [0.25, 0.3) is 0 Å². The summed E-state index contributed by atoms with van der Waals surface area (Å²) in [5, 5.41) is 7.01. The van der Waals surface area contributed by atoms with Crippen molar-refractivity contribution >= 4 is 5.96 Å². The highest BCUT2D eigenvalue weighted by molar-refractivity contribution is 5.80. The predicted molar refractivity (Wildman–Crippen MR) is 101 cm³/mol. The minimum Gasteiger partial charge on any atom is -0.487 e. The van der Waals surface area contributed by atoms with Crippen LogP contribution < -0.4 is 15.4 Å². The molecule has 5 heteroatoms. The van der Waals surface area contributed by atoms with E-state index in [4.69, 9.17) is 14.5 Å². The molecule has 2 aliphatic rings. The molecule has 3 rings (SSSR count). The van der Waals surface area contributed by atoms with E-state index in [9.17, 15) is 0 Å². The van der Waals surface area contributed by atoms with E-state index in [2.05, 4.69) is 50.5 Å². The first-order chi connectivity index (χ1) is 11.9. The summed E-state index contributed by atoms with van der Waals surface area (Å²) in [6.45, 7) is 11.9. The van der Waals surface area contributed by atoms with E-state index in [0.29, 0.717) is 0 Å². The molecule has 2 heterocycles. The Kier molecular flexibility index (Phi) is 5.23. The summed E-state index contributed by atoms with van der Waals surface area (Å²) in [5.74, 6) is 1.83. The lowest BCUT2D eigenvalue weighted by Gasteiger charge is -2.38. The largest absolute Gasteiger partial charge is 0.487 e. The van der Waals surface area contributed by atoms with Crippen LogP contribution in [0.3, 0.4) is 0 Å². The molecule has 0 saturated carbocycles. The van der Waals surface area contributed by atoms with E-state index in [1.807, 2.05) is 12.1 Å². The molecule has 5 nitrogen and oxygen atoms in total. The molecule has 2 atom stereocenters. The van der Waals surface area contributed by atoms with Crippen LogP contribution in [-0.4, -0.2) is 37.9 Å². The molecule has 0 aromatic heterocycles. The van der Waals surface area contributed by atoms with Gasteiger partial charge in [-0.2, -0.15) is 0 Å². The molecule has 0 bridgehead atoms. The van der Waals surface area contributed by atoms with Crippen LogP contribution in [0.4, 0.5) is 0 Å². The van der Waals surface area contributed by atoms with Gasteiger partial charge in [-0.3, -0.25) is 4.99 Å². The van der Waals surface area contributed by atoms with Crippen molar-refractivity contribution in [3.05, 3.63) is 29.8 Å². The Morgan fingerprint density at radius 2 is 2.08 bits per heavy atom. The molecule has 0 aliphatic carbocycles. The summed E-state index contributed by atoms with van der Waals surface area (Å²) in [6, 6.07) is 8.46. The van der Waals surface area contributed by atoms with Gasteiger partial charge in [-0.15, -0.1) is 0 Å². The smallest absolute Gasteiger partial charge is 0.191 e. The van der Waals surface area contributed by atoms with Gasteiger partial charge in [0.05, 0.1) is 19.2 Å². The average molecular weight is 345 g/mol. The minimum absolute atomic E-state index is 0.148. The number of aliphatic imine (C=N–C) groups is 1. The Balaban J connectivity index is 1.77. The lowest BCUT2D eigenvalue weighted by atomic mass is 9.89. The van der Waals surface area contributed by atoms with Crippen molar-refractivity contribution in [1.82, 2.24) is 10.6 Å². The van der Waals surface area contributed by atoms with E-state index in [1.54, 1.807) is 0 Å². The summed E-state index contributed by atoms with van der Waals surface area (Å²) < 4.78 is 11.7. The molecular formula is C20H31N3O2. The second-order valence-electron chi connectivity index (χ2n) is 8.11. The third-order valence-corrected chi connectivity index (χ3v) is 4.95. The standard InChI is InChI=1S/C20H31N3O2/c1-5-21-18(22-13-20(4)10-11-24-14-20)23-16-12-19(2,3)25-17-9-7-6-8-15(16)17/h6-9,16H,5,10-14H2,1-4H3,(H2,21,22,23). The van der Waals surface area contributed by atoms with Gasteiger partial charge in [0.25, 0.3) is 0 Å². The third kappa shape index (κ3) is 4.46. The number of para-hydroxylation sites is 1. The summed E-state index contributed by atoms with van der Waals surface area (Å²) >= 11 is 0. The van der Waals surface area contributed by atoms with E-state index in [0.717, 1.165) is 50.9 Å². The Hall–Kier alpha value is -1.75. The number of hydrogen-bond donors (Lipinski definition) is 2. The molecule has 1 aromatic rings. The third-order valence-electron chi connectivity index (χ3n) is 4.95. The van der Waals surface area contributed by atoms with Gasteiger partial charge in [-0.05, 0) is 33.3 Å². The molecule has 0 radical (unpaired) electrons. The number of nitrogens with one attached hydrogen (secondary N) is 2. The number of fused-ring (bicyclic) bond motifs is 1. The molecule has 2 aliphatic heterocycles. The molecule has 2 unspecified atom stereocenters. The fraction of sp³-hybridized carbons (Fsp3) is 0.650. The summed E-state index contributed by atoms with van der Waals surface area (Å²) in [6.07, 6.45) is 1.97. The van der Waals surface area contributed by atoms with Crippen molar-refractivity contribution in [2.75, 3.05) is 26.3 Å². The molecule has 25 heavy (non-hydrogen) atoms. The Morgan fingerprint density at radius 3 is 2.80 bits per heavy atom. The van der Waals surface area contributed by atoms with Crippen molar-refractivity contribution in [3.8, 4) is 5.75 Å². The maximum absolute atomic E-state index is 6.13. The van der Waals surface area contributed by atoms with E-state index in [-0.39, 0.29) is 17.1 Å². The zero-order valence-corrected chi connectivity index (χ0v) is 15.9. The maximum Gasteiger partial charge on any atom is 0.191 e. The summed E-state index contributed by atoms with van der Waals surface area (Å²) in [4.78, 5) is 4.86. The number of hydrogen-bond acceptors (Lipinski definition) is 3. The zero-order valence-electron chi connectivity index (χ0n) is 15.9. The highest BCUT2D eigenvalue weighted by Gasteiger charge is 2.34. The summed E-state index contributed by atoms with van der Waals surface area (Å²) in [7, 11) is 0. The number of nitrogens with zero attached hydrogens (tertiary/aromatic N) is 1. The van der Waals surface area contributed by atoms with Crippen LogP contribution in [-0.2, 0) is 4.74 Å². The topological polar surface area (TPSA) is 54.9 Å². The monoisotopic (exact) mass is 345 g/mol. The predicted octanol–water partition coefficient (Wildman–Crippen LogP) is 3.27. The highest BCUT2D eigenvalue weighted by atomic mass is 16.5. The Morgan fingerprint density at radius 1 is 1.28 bits per heavy atom. The zero-order chi connectivity index (χ0) is 17.9. The molecule has 1 aromatic carbocycles. The lowest BCUT2D eigenvalue weighted by Crippen LogP contribution is -2.45. The number of benzene rings is 1. The van der Waals surface area contributed by atoms with Crippen molar-refractivity contribution in [2.24, 2.45) is 10.4 Å². The quantitative estimate of drug-likeness (QED) is 0.650. The SMILES string of the molecule is CCNC(=NCC1(C)CCOC1)NC1CC(C)(C)Oc2ccccc21. The summed E-state index contributed by atoms with van der Waals surface area (Å²) in [5.41, 5.74) is 1.15. The molecule has 1 fully saturated rings. The van der Waals surface area contributed by atoms with Crippen LogP contribution >= 0.6 is 0 Å². The van der Waals surface area contributed by atoms with Gasteiger partial charge in [-0.25, -0.2) is 0 Å². The fourth-order valence-corrected chi connectivity index (χ4v) is 3.52. The van der Waals surface area contributed by atoms with Crippen molar-refractivity contribution in [3.63, 3.8) is 0 Å². The van der Waals surface area contributed by atoms with Crippen LogP contribution in [0, 0.1) is 5.41 Å². The van der Waals surface area contributed by atoms with Crippen LogP contribution in [0.2, 0.25) is 0 Å². The highest BCUT2D eigenvalue weighted by Crippen LogP contribution is 2.39. The molecule has 2 N–H and O–H groups in total. The van der Waals surface area contributed by atoms with Gasteiger partial charge >= 0.3 is 0 Å². The second-order valence-corrected chi connectivity index (χ2v) is 8.11. The van der Waals surface area contributed by atoms with E-state index < -0.39 is 0 Å². The molecule has 0 spiro atoms. The second kappa shape index (κ2) is 7.24. The van der Waals surface area contributed by atoms with Crippen molar-refractivity contribution < 1.29 is 9.47 Å². The van der Waals surface area contributed by atoms with Crippen LogP contribution in [0.5, 0.6) is 5.75 Å². The number of guanidine groups is 1. The first-order valence-corrected chi connectivity index (χ1v) is 9.31. The van der Waals surface area contributed by atoms with Gasteiger partial charge < -0.3 is 20.1 Å². The first kappa shape index (κ1) is 18.1. The van der Waals surface area contributed by atoms with Crippen LogP contribution in [0.1, 0.15) is 52.1 Å². The molecule has 0 amide bonds. The van der Waals surface area contributed by atoms with Gasteiger partial charge in [0, 0.05) is 30.6 Å². The lowest BCUT2D eigenvalue weighted by molar-refractivity contribution is 0.0694. The van der Waals surface area contributed by atoms with Crippen LogP contribution in [0.15, 0.2) is 29.3 Å². The van der Waals surface area contributed by atoms with Gasteiger partial charge in [0.15, 0.2) is 5.96 Å². The Labute approximate surface area is 151 Å². The first-order valence-electron chi connectivity index (χ1n) is 9.31. The maximum atomic E-state index is 6.13. The minimum atomic E-state index is -0.200. The normalized spacial score (nSPS) is 28.2. The average Bonchev–Trinajstić information content (AvgIpc) is 2.99. The molecule has 138 valence electrons. The van der Waals surface area contributed by atoms with Gasteiger partial charge in [-0.1, -0.05) is 25.1 Å². The molecular weight excluding hydrogens is 314 g/mol.